The Balaban J connectivity index is 1.62. The van der Waals surface area contributed by atoms with E-state index in [1.54, 1.807) is 12.1 Å². The number of pyridine rings is 1. The van der Waals surface area contributed by atoms with Crippen molar-refractivity contribution in [3.05, 3.63) is 31.0 Å². The monoisotopic (exact) mass is 340 g/mol. The lowest BCUT2D eigenvalue weighted by molar-refractivity contribution is -0.183. The maximum Gasteiger partial charge on any atom is 0.393 e. The van der Waals surface area contributed by atoms with Gasteiger partial charge in [0.2, 0.25) is 0 Å². The second-order valence-corrected chi connectivity index (χ2v) is 5.50. The summed E-state index contributed by atoms with van der Waals surface area (Å²) in [5.41, 5.74) is 0.401. The van der Waals surface area contributed by atoms with Crippen LogP contribution < -0.4 is 5.32 Å². The molecule has 1 fully saturated rings. The first-order chi connectivity index (χ1) is 11.4. The van der Waals surface area contributed by atoms with Gasteiger partial charge in [-0.2, -0.15) is 18.3 Å². The van der Waals surface area contributed by atoms with Gasteiger partial charge in [0.25, 0.3) is 0 Å². The summed E-state index contributed by atoms with van der Waals surface area (Å²) in [7, 11) is 0. The number of alkyl halides is 3. The molecular formula is C14H15F3N6O. The van der Waals surface area contributed by atoms with Crippen LogP contribution in [0.1, 0.15) is 12.8 Å². The van der Waals surface area contributed by atoms with Gasteiger partial charge in [-0.3, -0.25) is 0 Å². The molecule has 7 nitrogen and oxygen atoms in total. The number of likely N-dealkylation sites (tertiary alicyclic amines) is 1. The first-order valence-electron chi connectivity index (χ1n) is 7.37. The number of rotatable bonds is 2. The van der Waals surface area contributed by atoms with Crippen LogP contribution in [0.3, 0.4) is 0 Å². The van der Waals surface area contributed by atoms with Gasteiger partial charge in [-0.1, -0.05) is 0 Å². The van der Waals surface area contributed by atoms with E-state index in [-0.39, 0.29) is 13.0 Å². The van der Waals surface area contributed by atoms with E-state index in [1.807, 2.05) is 0 Å². The van der Waals surface area contributed by atoms with Crippen molar-refractivity contribution in [3.63, 3.8) is 0 Å². The van der Waals surface area contributed by atoms with Crippen molar-refractivity contribution in [3.8, 4) is 5.82 Å². The van der Waals surface area contributed by atoms with Gasteiger partial charge in [-0.05, 0) is 25.0 Å². The Bertz CT molecular complexity index is 686. The molecule has 0 bridgehead atoms. The van der Waals surface area contributed by atoms with Gasteiger partial charge < -0.3 is 10.2 Å². The first-order valence-corrected chi connectivity index (χ1v) is 7.37. The predicted octanol–water partition coefficient (Wildman–Crippen LogP) is 2.47. The normalized spacial score (nSPS) is 18.5. The third-order valence-corrected chi connectivity index (χ3v) is 3.82. The maximum absolute atomic E-state index is 12.8. The van der Waals surface area contributed by atoms with Gasteiger partial charge in [0.1, 0.15) is 12.7 Å². The van der Waals surface area contributed by atoms with Crippen LogP contribution in [-0.4, -0.2) is 49.9 Å². The second kappa shape index (κ2) is 6.46. The van der Waals surface area contributed by atoms with E-state index < -0.39 is 18.1 Å². The van der Waals surface area contributed by atoms with E-state index in [4.69, 9.17) is 0 Å². The standard InChI is InChI=1S/C14H15F3N6O/c15-14(16,17)10-2-1-5-22(7-10)13(24)21-11-3-4-12(19-6-11)23-9-18-8-20-23/h3-4,6,8-10H,1-2,5,7H2,(H,21,24). The summed E-state index contributed by atoms with van der Waals surface area (Å²) in [6.07, 6.45) is 0.374. The quantitative estimate of drug-likeness (QED) is 0.911. The SMILES string of the molecule is O=C(Nc1ccc(-n2cncn2)nc1)N1CCCC(C(F)(F)F)C1. The molecule has 0 aromatic carbocycles. The van der Waals surface area contributed by atoms with E-state index in [1.165, 1.54) is 28.4 Å². The predicted molar refractivity (Wildman–Crippen MR) is 78.5 cm³/mol. The van der Waals surface area contributed by atoms with E-state index in [0.29, 0.717) is 24.5 Å². The molecule has 3 heterocycles. The lowest BCUT2D eigenvalue weighted by Crippen LogP contribution is -2.46. The van der Waals surface area contributed by atoms with Gasteiger partial charge in [0, 0.05) is 13.1 Å². The zero-order valence-corrected chi connectivity index (χ0v) is 12.6. The molecule has 1 saturated heterocycles. The van der Waals surface area contributed by atoms with Gasteiger partial charge in [0.15, 0.2) is 5.82 Å². The van der Waals surface area contributed by atoms with E-state index in [0.717, 1.165) is 0 Å². The number of anilines is 1. The van der Waals surface area contributed by atoms with Crippen molar-refractivity contribution in [1.29, 1.82) is 0 Å². The molecule has 1 aliphatic heterocycles. The molecule has 3 rings (SSSR count). The smallest absolute Gasteiger partial charge is 0.324 e. The number of amides is 2. The molecule has 0 aliphatic carbocycles. The zero-order valence-electron chi connectivity index (χ0n) is 12.6. The molecule has 2 aromatic heterocycles. The van der Waals surface area contributed by atoms with Crippen LogP contribution in [0.15, 0.2) is 31.0 Å². The molecule has 1 aliphatic rings. The highest BCUT2D eigenvalue weighted by Crippen LogP contribution is 2.33. The Hall–Kier alpha value is -2.65. The maximum atomic E-state index is 12.8. The highest BCUT2D eigenvalue weighted by atomic mass is 19.4. The Labute approximate surface area is 135 Å². The number of urea groups is 1. The van der Waals surface area contributed by atoms with Gasteiger partial charge in [0.05, 0.1) is 17.8 Å². The number of hydrogen-bond donors (Lipinski definition) is 1. The Kier molecular flexibility index (Phi) is 4.36. The Morgan fingerprint density at radius 2 is 2.17 bits per heavy atom. The van der Waals surface area contributed by atoms with Crippen molar-refractivity contribution >= 4 is 11.7 Å². The van der Waals surface area contributed by atoms with Gasteiger partial charge in [-0.15, -0.1) is 0 Å². The first kappa shape index (κ1) is 16.2. The fraction of sp³-hybridized carbons (Fsp3) is 0.429. The number of carbonyl (C=O) groups is 1. The average molecular weight is 340 g/mol. The van der Waals surface area contributed by atoms with E-state index >= 15 is 0 Å². The van der Waals surface area contributed by atoms with Crippen molar-refractivity contribution < 1.29 is 18.0 Å². The Morgan fingerprint density at radius 3 is 2.79 bits per heavy atom. The number of nitrogens with zero attached hydrogens (tertiary/aromatic N) is 5. The molecular weight excluding hydrogens is 325 g/mol. The van der Waals surface area contributed by atoms with Crippen LogP contribution in [0.2, 0.25) is 0 Å². The molecule has 0 spiro atoms. The minimum Gasteiger partial charge on any atom is -0.324 e. The molecule has 1 atom stereocenters. The van der Waals surface area contributed by atoms with Crippen molar-refractivity contribution in [2.45, 2.75) is 19.0 Å². The summed E-state index contributed by atoms with van der Waals surface area (Å²) < 4.78 is 39.9. The lowest BCUT2D eigenvalue weighted by atomic mass is 9.98. The van der Waals surface area contributed by atoms with Crippen LogP contribution in [0.25, 0.3) is 5.82 Å². The molecule has 0 radical (unpaired) electrons. The number of carbonyl (C=O) groups excluding carboxylic acids is 1. The molecule has 1 N–H and O–H groups in total. The third kappa shape index (κ3) is 3.63. The molecule has 10 heteroatoms. The summed E-state index contributed by atoms with van der Waals surface area (Å²) >= 11 is 0. The number of aromatic nitrogens is 4. The summed E-state index contributed by atoms with van der Waals surface area (Å²) in [6, 6.07) is 2.67. The highest BCUT2D eigenvalue weighted by Gasteiger charge is 2.42. The van der Waals surface area contributed by atoms with Gasteiger partial charge >= 0.3 is 12.2 Å². The number of nitrogens with one attached hydrogen (secondary N) is 1. The number of hydrogen-bond acceptors (Lipinski definition) is 4. The van der Waals surface area contributed by atoms with Crippen molar-refractivity contribution in [2.24, 2.45) is 5.92 Å². The van der Waals surface area contributed by atoms with Crippen LogP contribution in [-0.2, 0) is 0 Å². The van der Waals surface area contributed by atoms with Crippen LogP contribution in [0.5, 0.6) is 0 Å². The average Bonchev–Trinajstić information content (AvgIpc) is 3.09. The largest absolute Gasteiger partial charge is 0.393 e. The minimum atomic E-state index is -4.28. The summed E-state index contributed by atoms with van der Waals surface area (Å²) in [5.74, 6) is -0.953. The van der Waals surface area contributed by atoms with Gasteiger partial charge in [-0.25, -0.2) is 19.4 Å². The summed E-state index contributed by atoms with van der Waals surface area (Å²) in [4.78, 5) is 21.3. The molecule has 128 valence electrons. The summed E-state index contributed by atoms with van der Waals surface area (Å²) in [6.45, 7) is -0.0112. The van der Waals surface area contributed by atoms with E-state index in [2.05, 4.69) is 20.4 Å². The minimum absolute atomic E-state index is 0.0570. The molecule has 2 amide bonds. The van der Waals surface area contributed by atoms with Crippen LogP contribution >= 0.6 is 0 Å². The molecule has 0 saturated carbocycles. The van der Waals surface area contributed by atoms with Crippen LogP contribution in [0, 0.1) is 5.92 Å². The fourth-order valence-corrected chi connectivity index (χ4v) is 2.55. The van der Waals surface area contributed by atoms with Crippen LogP contribution in [0.4, 0.5) is 23.7 Å². The summed E-state index contributed by atoms with van der Waals surface area (Å²) in [5, 5.41) is 6.49. The number of halogens is 3. The topological polar surface area (TPSA) is 75.9 Å². The highest BCUT2D eigenvalue weighted by molar-refractivity contribution is 5.89. The van der Waals surface area contributed by atoms with Crippen molar-refractivity contribution in [1.82, 2.24) is 24.6 Å². The second-order valence-electron chi connectivity index (χ2n) is 5.50. The molecule has 2 aromatic rings. The number of piperidine rings is 1. The zero-order chi connectivity index (χ0) is 17.2. The van der Waals surface area contributed by atoms with E-state index in [9.17, 15) is 18.0 Å². The fourth-order valence-electron chi connectivity index (χ4n) is 2.55. The molecule has 1 unspecified atom stereocenters. The van der Waals surface area contributed by atoms with Crippen molar-refractivity contribution in [2.75, 3.05) is 18.4 Å². The Morgan fingerprint density at radius 1 is 1.33 bits per heavy atom. The third-order valence-electron chi connectivity index (χ3n) is 3.82. The lowest BCUT2D eigenvalue weighted by Gasteiger charge is -2.33. The molecule has 24 heavy (non-hydrogen) atoms.